The van der Waals surface area contributed by atoms with Crippen molar-refractivity contribution in [1.82, 2.24) is 10.0 Å². The molecule has 0 spiro atoms. The van der Waals surface area contributed by atoms with Gasteiger partial charge in [-0.25, -0.2) is 14.4 Å². The third kappa shape index (κ3) is 4.18. The summed E-state index contributed by atoms with van der Waals surface area (Å²) < 4.78 is 14.6. The van der Waals surface area contributed by atoms with Crippen LogP contribution >= 0.6 is 0 Å². The lowest BCUT2D eigenvalue weighted by molar-refractivity contribution is -0.138. The number of carbonyl (C=O) groups excluding carboxylic acids is 1. The van der Waals surface area contributed by atoms with Gasteiger partial charge in [0.25, 0.3) is 5.91 Å². The van der Waals surface area contributed by atoms with Gasteiger partial charge in [-0.3, -0.25) is 4.79 Å². The molecule has 2 atom stereocenters. The first-order chi connectivity index (χ1) is 10.8. The first-order valence-corrected chi connectivity index (χ1v) is 7.98. The molecular weight excluding hydrogens is 293 g/mol. The first-order valence-electron chi connectivity index (χ1n) is 7.98. The molecule has 0 saturated heterocycles. The molecule has 2 N–H and O–H groups in total. The molecule has 1 aliphatic heterocycles. The van der Waals surface area contributed by atoms with E-state index in [-0.39, 0.29) is 17.5 Å². The second kappa shape index (κ2) is 8.22. The minimum Gasteiger partial charge on any atom is -0.323 e. The second-order valence-electron chi connectivity index (χ2n) is 5.89. The molecule has 1 amide bonds. The van der Waals surface area contributed by atoms with Crippen LogP contribution in [0.2, 0.25) is 0 Å². The molecule has 0 radical (unpaired) electrons. The molecule has 1 aliphatic rings. The lowest BCUT2D eigenvalue weighted by atomic mass is 9.89. The number of halogens is 1. The van der Waals surface area contributed by atoms with Crippen LogP contribution in [0.25, 0.3) is 0 Å². The Morgan fingerprint density at radius 2 is 2.26 bits per heavy atom. The molecule has 1 rings (SSSR count). The van der Waals surface area contributed by atoms with E-state index in [2.05, 4.69) is 6.58 Å². The van der Waals surface area contributed by atoms with Gasteiger partial charge in [0.15, 0.2) is 0 Å². The Bertz CT molecular complexity index is 561. The Kier molecular flexibility index (Phi) is 6.91. The van der Waals surface area contributed by atoms with Crippen LogP contribution in [0.1, 0.15) is 34.1 Å². The molecule has 23 heavy (non-hydrogen) atoms. The van der Waals surface area contributed by atoms with E-state index in [1.54, 1.807) is 25.1 Å². The van der Waals surface area contributed by atoms with Crippen LogP contribution in [-0.2, 0) is 4.79 Å². The SMILES string of the molecule is C=C1C(=C(F)C=CC)C(=O)N(N(C)CC)C(C(C)N)=CCC1C. The monoisotopic (exact) mass is 321 g/mol. The Morgan fingerprint density at radius 3 is 2.74 bits per heavy atom. The number of rotatable bonds is 4. The quantitative estimate of drug-likeness (QED) is 0.808. The highest BCUT2D eigenvalue weighted by Crippen LogP contribution is 2.32. The van der Waals surface area contributed by atoms with Crippen molar-refractivity contribution in [2.45, 2.75) is 40.2 Å². The van der Waals surface area contributed by atoms with Gasteiger partial charge in [0, 0.05) is 19.6 Å². The number of nitrogens with zero attached hydrogens (tertiary/aromatic N) is 2. The van der Waals surface area contributed by atoms with Crippen LogP contribution in [0.15, 0.2) is 47.5 Å². The third-order valence-electron chi connectivity index (χ3n) is 4.06. The van der Waals surface area contributed by atoms with Crippen molar-refractivity contribution in [3.63, 3.8) is 0 Å². The zero-order valence-corrected chi connectivity index (χ0v) is 14.8. The van der Waals surface area contributed by atoms with E-state index in [1.165, 1.54) is 11.1 Å². The molecule has 0 saturated carbocycles. The van der Waals surface area contributed by atoms with Gasteiger partial charge in [-0.1, -0.05) is 32.6 Å². The largest absolute Gasteiger partial charge is 0.323 e. The molecule has 0 aromatic carbocycles. The fourth-order valence-electron chi connectivity index (χ4n) is 2.49. The average Bonchev–Trinajstić information content (AvgIpc) is 2.49. The molecule has 0 aromatic heterocycles. The van der Waals surface area contributed by atoms with Crippen LogP contribution in [0.5, 0.6) is 0 Å². The van der Waals surface area contributed by atoms with E-state index in [0.29, 0.717) is 24.2 Å². The van der Waals surface area contributed by atoms with Crippen LogP contribution < -0.4 is 5.73 Å². The highest BCUT2D eigenvalue weighted by atomic mass is 19.1. The number of carbonyl (C=O) groups is 1. The Balaban J connectivity index is 3.58. The summed E-state index contributed by atoms with van der Waals surface area (Å²) in [6.07, 6.45) is 5.48. The Hall–Kier alpha value is -1.72. The number of allylic oxidation sites excluding steroid dienone is 4. The van der Waals surface area contributed by atoms with Gasteiger partial charge in [0.2, 0.25) is 0 Å². The van der Waals surface area contributed by atoms with Crippen LogP contribution in [0.4, 0.5) is 4.39 Å². The predicted molar refractivity (Wildman–Crippen MR) is 92.8 cm³/mol. The Labute approximate surface area is 138 Å². The van der Waals surface area contributed by atoms with Gasteiger partial charge in [-0.05, 0) is 37.8 Å². The summed E-state index contributed by atoms with van der Waals surface area (Å²) in [7, 11) is 1.78. The molecule has 1 heterocycles. The van der Waals surface area contributed by atoms with E-state index in [4.69, 9.17) is 5.73 Å². The summed E-state index contributed by atoms with van der Waals surface area (Å²) in [5.41, 5.74) is 7.29. The highest BCUT2D eigenvalue weighted by Gasteiger charge is 2.33. The molecule has 4 nitrogen and oxygen atoms in total. The van der Waals surface area contributed by atoms with Crippen molar-refractivity contribution in [3.8, 4) is 0 Å². The summed E-state index contributed by atoms with van der Waals surface area (Å²) >= 11 is 0. The van der Waals surface area contributed by atoms with E-state index in [1.807, 2.05) is 26.8 Å². The van der Waals surface area contributed by atoms with Crippen LogP contribution in [0, 0.1) is 5.92 Å². The van der Waals surface area contributed by atoms with Crippen molar-refractivity contribution in [2.24, 2.45) is 11.7 Å². The van der Waals surface area contributed by atoms with E-state index < -0.39 is 11.7 Å². The van der Waals surface area contributed by atoms with Crippen molar-refractivity contribution in [3.05, 3.63) is 47.5 Å². The summed E-state index contributed by atoms with van der Waals surface area (Å²) in [5.74, 6) is -1.02. The maximum Gasteiger partial charge on any atom is 0.275 e. The highest BCUT2D eigenvalue weighted by molar-refractivity contribution is 5.99. The number of amides is 1. The number of nitrogens with two attached hydrogens (primary N) is 1. The maximum atomic E-state index is 14.6. The molecule has 0 fully saturated rings. The van der Waals surface area contributed by atoms with Crippen molar-refractivity contribution >= 4 is 5.91 Å². The van der Waals surface area contributed by atoms with Gasteiger partial charge >= 0.3 is 0 Å². The zero-order valence-electron chi connectivity index (χ0n) is 14.8. The van der Waals surface area contributed by atoms with Gasteiger partial charge in [-0.15, -0.1) is 0 Å². The smallest absolute Gasteiger partial charge is 0.275 e. The average molecular weight is 321 g/mol. The predicted octanol–water partition coefficient (Wildman–Crippen LogP) is 3.31. The van der Waals surface area contributed by atoms with E-state index in [0.717, 1.165) is 0 Å². The van der Waals surface area contributed by atoms with Crippen molar-refractivity contribution in [2.75, 3.05) is 13.6 Å². The minimum atomic E-state index is -0.560. The van der Waals surface area contributed by atoms with Gasteiger partial charge < -0.3 is 5.73 Å². The van der Waals surface area contributed by atoms with Gasteiger partial charge in [0.05, 0.1) is 11.3 Å². The van der Waals surface area contributed by atoms with E-state index in [9.17, 15) is 9.18 Å². The summed E-state index contributed by atoms with van der Waals surface area (Å²) in [6.45, 7) is 12.0. The second-order valence-corrected chi connectivity index (χ2v) is 5.89. The van der Waals surface area contributed by atoms with Gasteiger partial charge in [-0.2, -0.15) is 0 Å². The minimum absolute atomic E-state index is 0.0298. The summed E-state index contributed by atoms with van der Waals surface area (Å²) in [6, 6.07) is -0.336. The summed E-state index contributed by atoms with van der Waals surface area (Å²) in [4.78, 5) is 13.1. The zero-order chi connectivity index (χ0) is 17.7. The number of hydrogen-bond acceptors (Lipinski definition) is 3. The molecule has 0 aliphatic carbocycles. The van der Waals surface area contributed by atoms with Crippen LogP contribution in [0.3, 0.4) is 0 Å². The standard InChI is InChI=1S/C18H28FN3O/c1-7-9-15(19)17-13(4)12(3)10-11-16(14(5)20)22(18(17)23)21(6)8-2/h7,9,11-12,14H,4,8,10,20H2,1-3,5-6H3. The molecule has 0 bridgehead atoms. The van der Waals surface area contributed by atoms with Gasteiger partial charge in [0.1, 0.15) is 5.83 Å². The molecular formula is C18H28FN3O. The van der Waals surface area contributed by atoms with Crippen LogP contribution in [-0.4, -0.2) is 35.6 Å². The number of hydrogen-bond donors (Lipinski definition) is 1. The lowest BCUT2D eigenvalue weighted by Gasteiger charge is -2.37. The molecule has 128 valence electrons. The topological polar surface area (TPSA) is 49.6 Å². The number of hydrazine groups is 1. The third-order valence-corrected chi connectivity index (χ3v) is 4.06. The van der Waals surface area contributed by atoms with Crippen molar-refractivity contribution < 1.29 is 9.18 Å². The fraction of sp³-hybridized carbons (Fsp3) is 0.500. The van der Waals surface area contributed by atoms with Crippen molar-refractivity contribution in [1.29, 1.82) is 0 Å². The fourth-order valence-corrected chi connectivity index (χ4v) is 2.49. The molecule has 0 aromatic rings. The lowest BCUT2D eigenvalue weighted by Crippen LogP contribution is -2.49. The molecule has 5 heteroatoms. The normalized spacial score (nSPS) is 23.9. The molecule has 2 unspecified atom stereocenters. The maximum absolute atomic E-state index is 14.6. The van der Waals surface area contributed by atoms with E-state index >= 15 is 0 Å². The summed E-state index contributed by atoms with van der Waals surface area (Å²) in [5, 5.41) is 3.21. The first kappa shape index (κ1) is 19.3. The Morgan fingerprint density at radius 1 is 1.65 bits per heavy atom.